The van der Waals surface area contributed by atoms with Gasteiger partial charge in [0.2, 0.25) is 0 Å². The van der Waals surface area contributed by atoms with Crippen molar-refractivity contribution in [1.82, 2.24) is 9.80 Å². The molecule has 2 aromatic rings. The molecule has 6 rings (SSSR count). The Morgan fingerprint density at radius 2 is 1.43 bits per heavy atom. The van der Waals surface area contributed by atoms with Gasteiger partial charge in [0.05, 0.1) is 56.0 Å². The van der Waals surface area contributed by atoms with Crippen molar-refractivity contribution in [2.45, 2.75) is 64.5 Å². The summed E-state index contributed by atoms with van der Waals surface area (Å²) in [6.45, 7) is 5.87. The molecule has 0 radical (unpaired) electrons. The first-order chi connectivity index (χ1) is 21.4. The van der Waals surface area contributed by atoms with Gasteiger partial charge in [-0.25, -0.2) is 0 Å². The van der Waals surface area contributed by atoms with Gasteiger partial charge < -0.3 is 34.1 Å². The molecule has 0 bridgehead atoms. The molecule has 10 nitrogen and oxygen atoms in total. The summed E-state index contributed by atoms with van der Waals surface area (Å²) >= 11 is 0. The van der Waals surface area contributed by atoms with Crippen LogP contribution in [0.4, 0.5) is 11.4 Å². The number of carbonyl (C=O) groups excluding carboxylic acids is 2. The number of fused-ring (bicyclic) bond motifs is 4. The smallest absolute Gasteiger partial charge is 0.260 e. The number of carbonyl (C=O) groups is 2. The normalized spacial score (nSPS) is 20.3. The third-order valence-electron chi connectivity index (χ3n) is 8.56. The fourth-order valence-corrected chi connectivity index (χ4v) is 6.30. The molecule has 0 spiro atoms. The van der Waals surface area contributed by atoms with Crippen molar-refractivity contribution in [3.05, 3.63) is 58.9 Å². The van der Waals surface area contributed by atoms with E-state index in [-0.39, 0.29) is 23.9 Å². The van der Waals surface area contributed by atoms with Crippen LogP contribution in [0.25, 0.3) is 0 Å². The Balaban J connectivity index is 1.02. The van der Waals surface area contributed by atoms with E-state index in [1.54, 1.807) is 37.3 Å². The van der Waals surface area contributed by atoms with Gasteiger partial charge in [0.25, 0.3) is 11.8 Å². The standard InChI is InChI=1S/C34H40N4O6/c1-21-12-23-8-9-35-27-16-31(29(41-3)14-25(27)33(39)37(23)19-21)43-10-6-5-7-11-44-32-17-28-26(15-30(32)42-4)34(40)38-20-22(2)13-24(38)18-36-28/h14-20,23-24,35H,5-13H2,1-4H3. The number of anilines is 1. The highest BCUT2D eigenvalue weighted by Crippen LogP contribution is 2.39. The Hall–Kier alpha value is -4.47. The topological polar surface area (TPSA) is 102 Å². The molecule has 10 heteroatoms. The van der Waals surface area contributed by atoms with E-state index >= 15 is 0 Å². The van der Waals surface area contributed by atoms with E-state index in [0.29, 0.717) is 53.0 Å². The van der Waals surface area contributed by atoms with Crippen LogP contribution in [0.15, 0.2) is 52.8 Å². The van der Waals surface area contributed by atoms with Crippen LogP contribution >= 0.6 is 0 Å². The monoisotopic (exact) mass is 600 g/mol. The Bertz CT molecular complexity index is 1550. The van der Waals surface area contributed by atoms with E-state index in [1.165, 1.54) is 5.57 Å². The minimum atomic E-state index is -0.0827. The lowest BCUT2D eigenvalue weighted by Crippen LogP contribution is -2.36. The number of benzene rings is 2. The Morgan fingerprint density at radius 1 is 0.795 bits per heavy atom. The Kier molecular flexibility index (Phi) is 8.50. The molecule has 4 aliphatic rings. The number of aliphatic imine (C=N–C) groups is 1. The highest BCUT2D eigenvalue weighted by molar-refractivity contribution is 6.04. The maximum Gasteiger partial charge on any atom is 0.260 e. The predicted octanol–water partition coefficient (Wildman–Crippen LogP) is 6.10. The zero-order chi connectivity index (χ0) is 30.8. The summed E-state index contributed by atoms with van der Waals surface area (Å²) in [6, 6.07) is 7.32. The summed E-state index contributed by atoms with van der Waals surface area (Å²) < 4.78 is 23.3. The van der Waals surface area contributed by atoms with E-state index in [1.807, 2.05) is 36.5 Å². The molecule has 1 N–H and O–H groups in total. The molecule has 2 amide bonds. The van der Waals surface area contributed by atoms with Crippen molar-refractivity contribution in [1.29, 1.82) is 0 Å². The number of nitrogens with zero attached hydrogens (tertiary/aromatic N) is 3. The maximum atomic E-state index is 13.4. The molecule has 0 saturated carbocycles. The lowest BCUT2D eigenvalue weighted by molar-refractivity contribution is 0.0777. The van der Waals surface area contributed by atoms with Crippen molar-refractivity contribution < 1.29 is 28.5 Å². The molecule has 0 saturated heterocycles. The molecule has 2 aromatic carbocycles. The lowest BCUT2D eigenvalue weighted by atomic mass is 10.0. The van der Waals surface area contributed by atoms with Crippen molar-refractivity contribution in [3.8, 4) is 23.0 Å². The molecular formula is C34H40N4O6. The number of nitrogens with one attached hydrogen (secondary N) is 1. The second-order valence-electron chi connectivity index (χ2n) is 11.8. The minimum absolute atomic E-state index is 0.0176. The minimum Gasteiger partial charge on any atom is -0.493 e. The van der Waals surface area contributed by atoms with Gasteiger partial charge in [-0.3, -0.25) is 14.6 Å². The van der Waals surface area contributed by atoms with Gasteiger partial charge in [-0.05, 0) is 64.5 Å². The second kappa shape index (κ2) is 12.6. The molecular weight excluding hydrogens is 560 g/mol. The molecule has 0 aliphatic carbocycles. The summed E-state index contributed by atoms with van der Waals surface area (Å²) in [5, 5.41) is 3.43. The first-order valence-corrected chi connectivity index (χ1v) is 15.3. The van der Waals surface area contributed by atoms with Crippen LogP contribution in [-0.4, -0.2) is 73.9 Å². The molecule has 44 heavy (non-hydrogen) atoms. The average molecular weight is 601 g/mol. The summed E-state index contributed by atoms with van der Waals surface area (Å²) in [5.74, 6) is 2.14. The van der Waals surface area contributed by atoms with Crippen molar-refractivity contribution >= 4 is 29.4 Å². The molecule has 2 atom stereocenters. The summed E-state index contributed by atoms with van der Waals surface area (Å²) in [6.07, 6.45) is 10.8. The quantitative estimate of drug-likeness (QED) is 0.329. The SMILES string of the molecule is COc1cc2c(cc1OCCCCCOc1cc3c(cc1OC)C(=O)N1C=C(C)CC1CCN3)N=CC1CC(C)=CN1C2=O. The number of hydrogen-bond acceptors (Lipinski definition) is 8. The fourth-order valence-electron chi connectivity index (χ4n) is 6.30. The summed E-state index contributed by atoms with van der Waals surface area (Å²) in [7, 11) is 3.17. The van der Waals surface area contributed by atoms with Gasteiger partial charge in [0.1, 0.15) is 0 Å². The fraction of sp³-hybridized carbons (Fsp3) is 0.441. The van der Waals surface area contributed by atoms with Crippen LogP contribution in [0, 0.1) is 0 Å². The van der Waals surface area contributed by atoms with E-state index in [2.05, 4.69) is 17.2 Å². The number of methoxy groups -OCH3 is 2. The van der Waals surface area contributed by atoms with Gasteiger partial charge in [0.15, 0.2) is 23.0 Å². The molecule has 4 aliphatic heterocycles. The Morgan fingerprint density at radius 3 is 2.16 bits per heavy atom. The molecule has 2 unspecified atom stereocenters. The van der Waals surface area contributed by atoms with Crippen LogP contribution in [-0.2, 0) is 0 Å². The Labute approximate surface area is 258 Å². The van der Waals surface area contributed by atoms with Crippen LogP contribution in [0.5, 0.6) is 23.0 Å². The lowest BCUT2D eigenvalue weighted by Gasteiger charge is -2.28. The second-order valence-corrected chi connectivity index (χ2v) is 11.8. The summed E-state index contributed by atoms with van der Waals surface area (Å²) in [4.78, 5) is 34.7. The number of ether oxygens (including phenoxy) is 4. The van der Waals surface area contributed by atoms with Crippen LogP contribution < -0.4 is 24.3 Å². The van der Waals surface area contributed by atoms with Gasteiger partial charge >= 0.3 is 0 Å². The van der Waals surface area contributed by atoms with Gasteiger partial charge in [-0.2, -0.15) is 0 Å². The van der Waals surface area contributed by atoms with E-state index in [0.717, 1.165) is 56.3 Å². The zero-order valence-corrected chi connectivity index (χ0v) is 25.9. The van der Waals surface area contributed by atoms with Gasteiger partial charge in [-0.1, -0.05) is 11.1 Å². The van der Waals surface area contributed by atoms with Crippen LogP contribution in [0.3, 0.4) is 0 Å². The number of rotatable bonds is 10. The summed E-state index contributed by atoms with van der Waals surface area (Å²) in [5.41, 5.74) is 4.84. The average Bonchev–Trinajstić information content (AvgIpc) is 3.55. The predicted molar refractivity (Wildman–Crippen MR) is 169 cm³/mol. The highest BCUT2D eigenvalue weighted by atomic mass is 16.5. The first-order valence-electron chi connectivity index (χ1n) is 15.3. The van der Waals surface area contributed by atoms with Crippen molar-refractivity contribution in [2.75, 3.05) is 39.3 Å². The molecule has 4 heterocycles. The zero-order valence-electron chi connectivity index (χ0n) is 25.9. The third kappa shape index (κ3) is 5.85. The van der Waals surface area contributed by atoms with E-state index in [9.17, 15) is 9.59 Å². The van der Waals surface area contributed by atoms with Crippen LogP contribution in [0.2, 0.25) is 0 Å². The van der Waals surface area contributed by atoms with Crippen molar-refractivity contribution in [2.24, 2.45) is 4.99 Å². The maximum absolute atomic E-state index is 13.4. The molecule has 232 valence electrons. The number of amides is 2. The highest BCUT2D eigenvalue weighted by Gasteiger charge is 2.33. The van der Waals surface area contributed by atoms with Crippen molar-refractivity contribution in [3.63, 3.8) is 0 Å². The van der Waals surface area contributed by atoms with Crippen LogP contribution in [0.1, 0.15) is 73.1 Å². The third-order valence-corrected chi connectivity index (χ3v) is 8.56. The van der Waals surface area contributed by atoms with Gasteiger partial charge in [-0.15, -0.1) is 0 Å². The van der Waals surface area contributed by atoms with Gasteiger partial charge in [0, 0.05) is 43.3 Å². The molecule has 0 aromatic heterocycles. The first kappa shape index (κ1) is 29.6. The van der Waals surface area contributed by atoms with E-state index < -0.39 is 0 Å². The number of unbranched alkanes of at least 4 members (excludes halogenated alkanes) is 2. The molecule has 0 fully saturated rings. The number of hydrogen-bond donors (Lipinski definition) is 1. The van der Waals surface area contributed by atoms with E-state index in [4.69, 9.17) is 18.9 Å². The largest absolute Gasteiger partial charge is 0.493 e.